The molecule has 1 aromatic rings. The number of carbonyl (C=O) groups excluding carboxylic acids is 1. The first kappa shape index (κ1) is 14.9. The van der Waals surface area contributed by atoms with E-state index in [1.807, 2.05) is 24.3 Å². The lowest BCUT2D eigenvalue weighted by molar-refractivity contribution is -0.132. The fraction of sp³-hybridized carbons (Fsp3) is 0.529. The molecular formula is C17H21N3O2. The zero-order valence-electron chi connectivity index (χ0n) is 12.5. The van der Waals surface area contributed by atoms with Crippen molar-refractivity contribution in [3.63, 3.8) is 0 Å². The third-order valence-electron chi connectivity index (χ3n) is 4.54. The number of hydrogen-bond acceptors (Lipinski definition) is 4. The number of piperidine rings is 1. The lowest BCUT2D eigenvalue weighted by Gasteiger charge is -2.35. The van der Waals surface area contributed by atoms with Crippen molar-refractivity contribution in [1.82, 2.24) is 5.32 Å². The maximum Gasteiger partial charge on any atom is 0.249 e. The number of carbonyl (C=O) groups is 1. The van der Waals surface area contributed by atoms with Gasteiger partial charge in [0, 0.05) is 24.8 Å². The minimum absolute atomic E-state index is 0.0355. The molecule has 1 saturated heterocycles. The highest BCUT2D eigenvalue weighted by Crippen LogP contribution is 2.26. The summed E-state index contributed by atoms with van der Waals surface area (Å²) in [5, 5.41) is 21.9. The number of hydrogen-bond donors (Lipinski definition) is 2. The van der Waals surface area contributed by atoms with Crippen LogP contribution in [0.4, 0.5) is 5.69 Å². The average molecular weight is 299 g/mol. The first-order valence-corrected chi connectivity index (χ1v) is 7.91. The van der Waals surface area contributed by atoms with E-state index in [4.69, 9.17) is 5.26 Å². The second-order valence-electron chi connectivity index (χ2n) is 6.21. The normalized spacial score (nSPS) is 20.3. The highest BCUT2D eigenvalue weighted by Gasteiger charge is 2.32. The largest absolute Gasteiger partial charge is 0.383 e. The summed E-state index contributed by atoms with van der Waals surface area (Å²) in [6.45, 7) is 1.65. The Morgan fingerprint density at radius 3 is 2.41 bits per heavy atom. The van der Waals surface area contributed by atoms with E-state index in [0.717, 1.165) is 44.5 Å². The monoisotopic (exact) mass is 299 g/mol. The molecule has 1 heterocycles. The summed E-state index contributed by atoms with van der Waals surface area (Å²) in [6.07, 6.45) is 2.80. The van der Waals surface area contributed by atoms with Crippen LogP contribution < -0.4 is 10.2 Å². The molecule has 1 aliphatic carbocycles. The molecule has 1 amide bonds. The van der Waals surface area contributed by atoms with Gasteiger partial charge in [0.2, 0.25) is 5.91 Å². The van der Waals surface area contributed by atoms with Gasteiger partial charge in [-0.1, -0.05) is 0 Å². The van der Waals surface area contributed by atoms with Gasteiger partial charge in [0.15, 0.2) is 0 Å². The van der Waals surface area contributed by atoms with Crippen LogP contribution in [0.15, 0.2) is 24.3 Å². The van der Waals surface area contributed by atoms with Gasteiger partial charge < -0.3 is 15.3 Å². The molecule has 0 bridgehead atoms. The van der Waals surface area contributed by atoms with Gasteiger partial charge in [0.05, 0.1) is 11.6 Å². The molecule has 2 aliphatic rings. The Morgan fingerprint density at radius 1 is 1.23 bits per heavy atom. The summed E-state index contributed by atoms with van der Waals surface area (Å²) >= 11 is 0. The summed E-state index contributed by atoms with van der Waals surface area (Å²) in [7, 11) is 0. The van der Waals surface area contributed by atoms with Gasteiger partial charge in [-0.25, -0.2) is 0 Å². The van der Waals surface area contributed by atoms with Crippen LogP contribution in [0, 0.1) is 17.2 Å². The molecule has 0 radical (unpaired) electrons. The SMILES string of the molecule is N#Cc1ccc(N2CCC([C@@H](O)C(=O)NC3CC3)CC2)cc1. The summed E-state index contributed by atoms with van der Waals surface area (Å²) in [5.74, 6) is -0.173. The van der Waals surface area contributed by atoms with Crippen LogP contribution >= 0.6 is 0 Å². The van der Waals surface area contributed by atoms with Crippen molar-refractivity contribution in [2.45, 2.75) is 37.8 Å². The number of nitrogens with zero attached hydrogens (tertiary/aromatic N) is 2. The standard InChI is InChI=1S/C17H21N3O2/c18-11-12-1-5-15(6-2-12)20-9-7-13(8-10-20)16(21)17(22)19-14-3-4-14/h1-2,5-6,13-14,16,21H,3-4,7-10H2,(H,19,22)/t16-/m1/s1. The third kappa shape index (κ3) is 3.40. The zero-order chi connectivity index (χ0) is 15.5. The molecule has 5 heteroatoms. The van der Waals surface area contributed by atoms with Gasteiger partial charge in [-0.05, 0) is 55.9 Å². The first-order chi connectivity index (χ1) is 10.7. The molecule has 22 heavy (non-hydrogen) atoms. The number of anilines is 1. The fourth-order valence-electron chi connectivity index (χ4n) is 2.95. The summed E-state index contributed by atoms with van der Waals surface area (Å²) in [6, 6.07) is 9.95. The van der Waals surface area contributed by atoms with E-state index in [2.05, 4.69) is 16.3 Å². The molecule has 5 nitrogen and oxygen atoms in total. The van der Waals surface area contributed by atoms with Crippen molar-refractivity contribution in [3.05, 3.63) is 29.8 Å². The number of aliphatic hydroxyl groups excluding tert-OH is 1. The summed E-state index contributed by atoms with van der Waals surface area (Å²) in [5.41, 5.74) is 1.75. The van der Waals surface area contributed by atoms with Gasteiger partial charge in [-0.15, -0.1) is 0 Å². The molecule has 0 aromatic heterocycles. The Hall–Kier alpha value is -2.06. The van der Waals surface area contributed by atoms with E-state index >= 15 is 0 Å². The van der Waals surface area contributed by atoms with Crippen molar-refractivity contribution in [3.8, 4) is 6.07 Å². The summed E-state index contributed by atoms with van der Waals surface area (Å²) in [4.78, 5) is 14.1. The van der Waals surface area contributed by atoms with Crippen LogP contribution in [0.2, 0.25) is 0 Å². The van der Waals surface area contributed by atoms with Crippen LogP contribution in [-0.2, 0) is 4.79 Å². The molecule has 0 spiro atoms. The van der Waals surface area contributed by atoms with Crippen molar-refractivity contribution < 1.29 is 9.90 Å². The minimum atomic E-state index is -0.885. The van der Waals surface area contributed by atoms with Gasteiger partial charge in [-0.3, -0.25) is 4.79 Å². The number of benzene rings is 1. The number of rotatable bonds is 4. The second kappa shape index (κ2) is 6.37. The molecule has 1 atom stereocenters. The number of nitrogens with one attached hydrogen (secondary N) is 1. The molecule has 1 saturated carbocycles. The van der Waals surface area contributed by atoms with Crippen LogP contribution in [0.1, 0.15) is 31.2 Å². The van der Waals surface area contributed by atoms with Gasteiger partial charge in [0.1, 0.15) is 6.10 Å². The number of aliphatic hydroxyl groups is 1. The van der Waals surface area contributed by atoms with Crippen LogP contribution in [0.25, 0.3) is 0 Å². The highest BCUT2D eigenvalue weighted by molar-refractivity contribution is 5.81. The lowest BCUT2D eigenvalue weighted by atomic mass is 9.90. The van der Waals surface area contributed by atoms with Crippen LogP contribution in [0.3, 0.4) is 0 Å². The minimum Gasteiger partial charge on any atom is -0.383 e. The van der Waals surface area contributed by atoms with E-state index in [0.29, 0.717) is 11.6 Å². The van der Waals surface area contributed by atoms with Crippen molar-refractivity contribution in [2.24, 2.45) is 5.92 Å². The molecule has 0 unspecified atom stereocenters. The summed E-state index contributed by atoms with van der Waals surface area (Å²) < 4.78 is 0. The van der Waals surface area contributed by atoms with Crippen LogP contribution in [-0.4, -0.2) is 36.2 Å². The van der Waals surface area contributed by atoms with Gasteiger partial charge >= 0.3 is 0 Å². The molecule has 1 aromatic carbocycles. The zero-order valence-corrected chi connectivity index (χ0v) is 12.5. The lowest BCUT2D eigenvalue weighted by Crippen LogP contribution is -2.45. The van der Waals surface area contributed by atoms with E-state index in [-0.39, 0.29) is 11.8 Å². The van der Waals surface area contributed by atoms with E-state index in [1.165, 1.54) is 0 Å². The first-order valence-electron chi connectivity index (χ1n) is 7.91. The maximum atomic E-state index is 11.9. The molecule has 2 N–H and O–H groups in total. The molecule has 2 fully saturated rings. The topological polar surface area (TPSA) is 76.4 Å². The van der Waals surface area contributed by atoms with E-state index in [9.17, 15) is 9.90 Å². The van der Waals surface area contributed by atoms with Crippen molar-refractivity contribution in [1.29, 1.82) is 5.26 Å². The molecule has 3 rings (SSSR count). The Kier molecular flexibility index (Phi) is 4.30. The van der Waals surface area contributed by atoms with E-state index < -0.39 is 6.10 Å². The average Bonchev–Trinajstić information content (AvgIpc) is 3.38. The Balaban J connectivity index is 1.52. The quantitative estimate of drug-likeness (QED) is 0.881. The highest BCUT2D eigenvalue weighted by atomic mass is 16.3. The van der Waals surface area contributed by atoms with Crippen LogP contribution in [0.5, 0.6) is 0 Å². The maximum absolute atomic E-state index is 11.9. The van der Waals surface area contributed by atoms with Gasteiger partial charge in [0.25, 0.3) is 0 Å². The third-order valence-corrected chi connectivity index (χ3v) is 4.54. The Morgan fingerprint density at radius 2 is 1.86 bits per heavy atom. The molecular weight excluding hydrogens is 278 g/mol. The predicted octanol–water partition coefficient (Wildman–Crippen LogP) is 1.41. The second-order valence-corrected chi connectivity index (χ2v) is 6.21. The van der Waals surface area contributed by atoms with Crippen molar-refractivity contribution >= 4 is 11.6 Å². The van der Waals surface area contributed by atoms with E-state index in [1.54, 1.807) is 0 Å². The predicted molar refractivity (Wildman–Crippen MR) is 83.3 cm³/mol. The molecule has 1 aliphatic heterocycles. The Labute approximate surface area is 130 Å². The smallest absolute Gasteiger partial charge is 0.249 e. The Bertz CT molecular complexity index is 567. The van der Waals surface area contributed by atoms with Gasteiger partial charge in [-0.2, -0.15) is 5.26 Å². The number of nitriles is 1. The number of amides is 1. The van der Waals surface area contributed by atoms with Crippen molar-refractivity contribution in [2.75, 3.05) is 18.0 Å². The molecule has 116 valence electrons. The fourth-order valence-corrected chi connectivity index (χ4v) is 2.95.